The molecular weight excluding hydrogens is 344 g/mol. The molecule has 18 heavy (non-hydrogen) atoms. The standard InChI is InChI=1S/C11H12BrClO4S/c1-17-11(14)8-3-4-9(18(2,15)16)7(5-6-12)10(8)13/h3-4H,5-6H2,1-2H3. The Morgan fingerprint density at radius 3 is 2.50 bits per heavy atom. The first-order chi connectivity index (χ1) is 8.32. The van der Waals surface area contributed by atoms with Crippen molar-refractivity contribution in [3.05, 3.63) is 28.3 Å². The van der Waals surface area contributed by atoms with Crippen LogP contribution in [0.2, 0.25) is 5.02 Å². The van der Waals surface area contributed by atoms with E-state index in [1.165, 1.54) is 19.2 Å². The molecule has 1 aromatic carbocycles. The summed E-state index contributed by atoms with van der Waals surface area (Å²) in [5.74, 6) is -0.587. The summed E-state index contributed by atoms with van der Waals surface area (Å²) < 4.78 is 27.9. The van der Waals surface area contributed by atoms with E-state index in [4.69, 9.17) is 11.6 Å². The highest BCUT2D eigenvalue weighted by Crippen LogP contribution is 2.29. The molecule has 4 nitrogen and oxygen atoms in total. The fourth-order valence-electron chi connectivity index (χ4n) is 1.55. The summed E-state index contributed by atoms with van der Waals surface area (Å²) in [5.41, 5.74) is 0.599. The Hall–Kier alpha value is -0.590. The molecule has 0 amide bonds. The summed E-state index contributed by atoms with van der Waals surface area (Å²) in [6, 6.07) is 2.74. The zero-order valence-corrected chi connectivity index (χ0v) is 13.0. The second-order valence-electron chi connectivity index (χ2n) is 3.61. The number of hydrogen-bond acceptors (Lipinski definition) is 4. The Kier molecular flexibility index (Phi) is 5.19. The number of methoxy groups -OCH3 is 1. The van der Waals surface area contributed by atoms with Crippen molar-refractivity contribution < 1.29 is 17.9 Å². The van der Waals surface area contributed by atoms with Crippen LogP contribution in [0.25, 0.3) is 0 Å². The minimum Gasteiger partial charge on any atom is -0.465 e. The Morgan fingerprint density at radius 2 is 2.06 bits per heavy atom. The summed E-state index contributed by atoms with van der Waals surface area (Å²) in [7, 11) is -2.14. The first kappa shape index (κ1) is 15.5. The van der Waals surface area contributed by atoms with Crippen LogP contribution in [0.5, 0.6) is 0 Å². The predicted molar refractivity (Wildman–Crippen MR) is 73.4 cm³/mol. The molecule has 0 aliphatic carbocycles. The van der Waals surface area contributed by atoms with Gasteiger partial charge in [0.15, 0.2) is 9.84 Å². The number of ether oxygens (including phenoxy) is 1. The molecule has 0 saturated carbocycles. The molecule has 0 spiro atoms. The Morgan fingerprint density at radius 1 is 1.44 bits per heavy atom. The van der Waals surface area contributed by atoms with Crippen LogP contribution in [-0.4, -0.2) is 33.1 Å². The predicted octanol–water partition coefficient (Wildman–Crippen LogP) is 2.47. The maximum atomic E-state index is 11.6. The Bertz CT molecular complexity index is 569. The van der Waals surface area contributed by atoms with Crippen LogP contribution < -0.4 is 0 Å². The minimum absolute atomic E-state index is 0.129. The first-order valence-electron chi connectivity index (χ1n) is 4.98. The van der Waals surface area contributed by atoms with Gasteiger partial charge < -0.3 is 4.74 Å². The van der Waals surface area contributed by atoms with Crippen LogP contribution in [0.4, 0.5) is 0 Å². The number of rotatable bonds is 4. The van der Waals surface area contributed by atoms with Gasteiger partial charge in [0.2, 0.25) is 0 Å². The van der Waals surface area contributed by atoms with E-state index in [1.807, 2.05) is 0 Å². The Labute approximate surface area is 119 Å². The lowest BCUT2D eigenvalue weighted by Crippen LogP contribution is -2.09. The largest absolute Gasteiger partial charge is 0.465 e. The summed E-state index contributed by atoms with van der Waals surface area (Å²) in [4.78, 5) is 11.6. The lowest BCUT2D eigenvalue weighted by molar-refractivity contribution is 0.0600. The highest BCUT2D eigenvalue weighted by Gasteiger charge is 2.21. The monoisotopic (exact) mass is 354 g/mol. The fraction of sp³-hybridized carbons (Fsp3) is 0.364. The van der Waals surface area contributed by atoms with Crippen LogP contribution in [0.3, 0.4) is 0 Å². The summed E-state index contributed by atoms with van der Waals surface area (Å²) in [6.07, 6.45) is 1.51. The van der Waals surface area contributed by atoms with Crippen molar-refractivity contribution in [3.8, 4) is 0 Å². The van der Waals surface area contributed by atoms with Gasteiger partial charge in [-0.05, 0) is 24.1 Å². The smallest absolute Gasteiger partial charge is 0.339 e. The molecule has 0 fully saturated rings. The van der Waals surface area contributed by atoms with Gasteiger partial charge in [-0.15, -0.1) is 0 Å². The van der Waals surface area contributed by atoms with E-state index in [0.29, 0.717) is 17.3 Å². The number of esters is 1. The number of halogens is 2. The van der Waals surface area contributed by atoms with Gasteiger partial charge in [0.1, 0.15) is 0 Å². The van der Waals surface area contributed by atoms with Gasteiger partial charge in [-0.25, -0.2) is 13.2 Å². The maximum absolute atomic E-state index is 11.6. The van der Waals surface area contributed by atoms with E-state index >= 15 is 0 Å². The third-order valence-corrected chi connectivity index (χ3v) is 4.36. The zero-order chi connectivity index (χ0) is 13.9. The molecule has 7 heteroatoms. The van der Waals surface area contributed by atoms with Crippen molar-refractivity contribution in [2.24, 2.45) is 0 Å². The molecule has 0 unspecified atom stereocenters. The Balaban J connectivity index is 3.52. The van der Waals surface area contributed by atoms with Gasteiger partial charge in [-0.2, -0.15) is 0 Å². The van der Waals surface area contributed by atoms with Crippen molar-refractivity contribution in [1.82, 2.24) is 0 Å². The van der Waals surface area contributed by atoms with Gasteiger partial charge in [-0.1, -0.05) is 27.5 Å². The first-order valence-corrected chi connectivity index (χ1v) is 8.37. The topological polar surface area (TPSA) is 60.4 Å². The third-order valence-electron chi connectivity index (χ3n) is 2.35. The molecule has 100 valence electrons. The molecule has 0 bridgehead atoms. The lowest BCUT2D eigenvalue weighted by Gasteiger charge is -2.12. The molecule has 0 atom stereocenters. The van der Waals surface area contributed by atoms with Crippen LogP contribution >= 0.6 is 27.5 Å². The second kappa shape index (κ2) is 6.04. The molecule has 0 aliphatic heterocycles. The van der Waals surface area contributed by atoms with Crippen LogP contribution in [0.15, 0.2) is 17.0 Å². The molecule has 0 aromatic heterocycles. The number of sulfone groups is 1. The molecule has 0 saturated heterocycles. The number of benzene rings is 1. The van der Waals surface area contributed by atoms with Gasteiger partial charge >= 0.3 is 5.97 Å². The van der Waals surface area contributed by atoms with E-state index in [-0.39, 0.29) is 15.5 Å². The normalized spacial score (nSPS) is 11.3. The molecule has 0 radical (unpaired) electrons. The van der Waals surface area contributed by atoms with E-state index in [0.717, 1.165) is 6.26 Å². The van der Waals surface area contributed by atoms with Crippen LogP contribution in [0.1, 0.15) is 15.9 Å². The van der Waals surface area contributed by atoms with Gasteiger partial charge in [-0.3, -0.25) is 0 Å². The SMILES string of the molecule is COC(=O)c1ccc(S(C)(=O)=O)c(CCBr)c1Cl. The molecule has 1 rings (SSSR count). The fourth-order valence-corrected chi connectivity index (χ4v) is 3.30. The molecule has 0 heterocycles. The summed E-state index contributed by atoms with van der Waals surface area (Å²) in [5, 5.41) is 0.670. The van der Waals surface area contributed by atoms with E-state index in [2.05, 4.69) is 20.7 Å². The average Bonchev–Trinajstić information content (AvgIpc) is 2.29. The summed E-state index contributed by atoms with van der Waals surface area (Å²) in [6.45, 7) is 0. The lowest BCUT2D eigenvalue weighted by atomic mass is 10.1. The van der Waals surface area contributed by atoms with E-state index in [9.17, 15) is 13.2 Å². The third kappa shape index (κ3) is 3.24. The number of carbonyl (C=O) groups excluding carboxylic acids is 1. The van der Waals surface area contributed by atoms with Crippen molar-refractivity contribution in [1.29, 1.82) is 0 Å². The molecule has 0 aliphatic rings. The van der Waals surface area contributed by atoms with Crippen molar-refractivity contribution in [2.45, 2.75) is 11.3 Å². The highest BCUT2D eigenvalue weighted by atomic mass is 79.9. The summed E-state index contributed by atoms with van der Waals surface area (Å²) >= 11 is 9.32. The quantitative estimate of drug-likeness (QED) is 0.615. The number of alkyl halides is 1. The van der Waals surface area contributed by atoms with Gasteiger partial charge in [0, 0.05) is 11.6 Å². The molecule has 0 N–H and O–H groups in total. The van der Waals surface area contributed by atoms with Gasteiger partial charge in [0.05, 0.1) is 22.6 Å². The van der Waals surface area contributed by atoms with E-state index in [1.54, 1.807) is 0 Å². The average molecular weight is 356 g/mol. The van der Waals surface area contributed by atoms with Crippen LogP contribution in [0, 0.1) is 0 Å². The van der Waals surface area contributed by atoms with Crippen LogP contribution in [-0.2, 0) is 21.0 Å². The zero-order valence-electron chi connectivity index (χ0n) is 9.87. The van der Waals surface area contributed by atoms with Crippen molar-refractivity contribution in [2.75, 3.05) is 18.7 Å². The molecular formula is C11H12BrClO4S. The maximum Gasteiger partial charge on any atom is 0.339 e. The molecule has 1 aromatic rings. The second-order valence-corrected chi connectivity index (χ2v) is 6.76. The minimum atomic E-state index is -3.38. The van der Waals surface area contributed by atoms with Gasteiger partial charge in [0.25, 0.3) is 0 Å². The highest BCUT2D eigenvalue weighted by molar-refractivity contribution is 9.09. The van der Waals surface area contributed by atoms with Crippen molar-refractivity contribution >= 4 is 43.3 Å². The van der Waals surface area contributed by atoms with Crippen molar-refractivity contribution in [3.63, 3.8) is 0 Å². The number of carbonyl (C=O) groups is 1. The van der Waals surface area contributed by atoms with E-state index < -0.39 is 15.8 Å². The number of hydrogen-bond donors (Lipinski definition) is 0.